The highest BCUT2D eigenvalue weighted by Crippen LogP contribution is 2.31. The van der Waals surface area contributed by atoms with E-state index in [0.717, 1.165) is 16.7 Å². The Kier molecular flexibility index (Phi) is 8.91. The van der Waals surface area contributed by atoms with Crippen molar-refractivity contribution in [3.05, 3.63) is 102 Å². The van der Waals surface area contributed by atoms with Crippen molar-refractivity contribution in [2.75, 3.05) is 33.8 Å². The van der Waals surface area contributed by atoms with Crippen molar-refractivity contribution in [2.24, 2.45) is 0 Å². The van der Waals surface area contributed by atoms with Crippen LogP contribution in [-0.2, 0) is 20.9 Å². The van der Waals surface area contributed by atoms with E-state index in [4.69, 9.17) is 4.74 Å². The van der Waals surface area contributed by atoms with E-state index in [1.807, 2.05) is 72.8 Å². The number of ether oxygens (including phenoxy) is 1. The Morgan fingerprint density at radius 3 is 2.12 bits per heavy atom. The van der Waals surface area contributed by atoms with Crippen LogP contribution in [0, 0.1) is 0 Å². The smallest absolute Gasteiger partial charge is 0.334 e. The first-order valence-corrected chi connectivity index (χ1v) is 14.1. The van der Waals surface area contributed by atoms with E-state index >= 15 is 0 Å². The van der Waals surface area contributed by atoms with Gasteiger partial charge in [-0.15, -0.1) is 0 Å². The Balaban J connectivity index is 1.45. The van der Waals surface area contributed by atoms with Crippen molar-refractivity contribution in [3.63, 3.8) is 0 Å². The van der Waals surface area contributed by atoms with Gasteiger partial charge in [0, 0.05) is 26.1 Å². The lowest BCUT2D eigenvalue weighted by Crippen LogP contribution is -2.76. The molecule has 0 bridgehead atoms. The maximum absolute atomic E-state index is 13.9. The zero-order valence-electron chi connectivity index (χ0n) is 24.1. The number of methoxy groups -OCH3 is 1. The maximum Gasteiger partial charge on any atom is 0.334 e. The summed E-state index contributed by atoms with van der Waals surface area (Å²) in [5, 5.41) is 15.6. The number of carboxylic acid groups (broad SMARTS) is 1. The van der Waals surface area contributed by atoms with Crippen molar-refractivity contribution < 1.29 is 29.0 Å². The maximum atomic E-state index is 13.9. The monoisotopic (exact) mass is 585 g/mol. The second-order valence-electron chi connectivity index (χ2n) is 10.7. The quantitative estimate of drug-likeness (QED) is 0.396. The van der Waals surface area contributed by atoms with Gasteiger partial charge in [-0.25, -0.2) is 14.8 Å². The molecule has 2 aliphatic heterocycles. The molecule has 2 fully saturated rings. The Bertz CT molecular complexity index is 1410. The number of urea groups is 1. The van der Waals surface area contributed by atoms with Crippen molar-refractivity contribution in [2.45, 2.75) is 31.1 Å². The van der Waals surface area contributed by atoms with Crippen molar-refractivity contribution in [3.8, 4) is 5.75 Å². The summed E-state index contributed by atoms with van der Waals surface area (Å²) in [4.78, 5) is 55.7. The predicted octanol–water partition coefficient (Wildman–Crippen LogP) is 2.74. The molecule has 11 nitrogen and oxygen atoms in total. The number of hydrogen-bond donors (Lipinski definition) is 2. The number of carboxylic acids is 1. The number of fused-ring (bicyclic) bond motifs is 1. The fourth-order valence-corrected chi connectivity index (χ4v) is 5.83. The van der Waals surface area contributed by atoms with Crippen LogP contribution in [0.4, 0.5) is 4.79 Å². The second-order valence-corrected chi connectivity index (χ2v) is 10.7. The SMILES string of the molecule is COc1ccc(CNC(=O)N2C3CN(CC(c4ccccc4)c4ccccc4)C(=O)C(CC(=O)O)N3C(=O)CN2C)cc1. The summed E-state index contributed by atoms with van der Waals surface area (Å²) in [7, 11) is 3.21. The standard InChI is InChI=1S/C32H35N5O6/c1-34-21-29(38)36-27(17-30(39)40)31(41)35(19-26(23-9-5-3-6-10-23)24-11-7-4-8-12-24)20-28(36)37(34)32(42)33-18-22-13-15-25(43-2)16-14-22/h3-16,26-28H,17-21H2,1-2H3,(H,33,42)(H,39,40). The van der Waals surface area contributed by atoms with Crippen LogP contribution in [0.25, 0.3) is 0 Å². The minimum Gasteiger partial charge on any atom is -0.497 e. The van der Waals surface area contributed by atoms with Gasteiger partial charge in [-0.3, -0.25) is 14.4 Å². The number of piperazine rings is 1. The van der Waals surface area contributed by atoms with E-state index in [1.54, 1.807) is 31.2 Å². The van der Waals surface area contributed by atoms with Crippen LogP contribution in [0.3, 0.4) is 0 Å². The lowest BCUT2D eigenvalue weighted by molar-refractivity contribution is -0.188. The highest BCUT2D eigenvalue weighted by molar-refractivity contribution is 5.93. The largest absolute Gasteiger partial charge is 0.497 e. The molecular formula is C32H35N5O6. The van der Waals surface area contributed by atoms with Crippen molar-refractivity contribution in [1.82, 2.24) is 25.1 Å². The molecule has 0 radical (unpaired) electrons. The van der Waals surface area contributed by atoms with E-state index in [-0.39, 0.29) is 32.1 Å². The summed E-state index contributed by atoms with van der Waals surface area (Å²) in [6, 6.07) is 25.1. The summed E-state index contributed by atoms with van der Waals surface area (Å²) in [6.45, 7) is 0.315. The van der Waals surface area contributed by atoms with Crippen LogP contribution in [-0.4, -0.2) is 94.7 Å². The number of carbonyl (C=O) groups excluding carboxylic acids is 3. The van der Waals surface area contributed by atoms with Crippen LogP contribution in [0.1, 0.15) is 29.0 Å². The van der Waals surface area contributed by atoms with Gasteiger partial charge in [-0.1, -0.05) is 72.8 Å². The van der Waals surface area contributed by atoms with Crippen molar-refractivity contribution in [1.29, 1.82) is 0 Å². The van der Waals surface area contributed by atoms with E-state index in [1.165, 1.54) is 14.9 Å². The zero-order valence-corrected chi connectivity index (χ0v) is 24.1. The molecule has 4 amide bonds. The predicted molar refractivity (Wildman–Crippen MR) is 158 cm³/mol. The lowest BCUT2D eigenvalue weighted by Gasteiger charge is -2.54. The van der Waals surface area contributed by atoms with Crippen LogP contribution < -0.4 is 10.1 Å². The fourth-order valence-electron chi connectivity index (χ4n) is 5.83. The first kappa shape index (κ1) is 29.6. The Hall–Kier alpha value is -4.90. The van der Waals surface area contributed by atoms with Gasteiger partial charge in [-0.2, -0.15) is 0 Å². The fraction of sp³-hybridized carbons (Fsp3) is 0.312. The van der Waals surface area contributed by atoms with Crippen LogP contribution in [0.15, 0.2) is 84.9 Å². The summed E-state index contributed by atoms with van der Waals surface area (Å²) >= 11 is 0. The molecule has 2 N–H and O–H groups in total. The summed E-state index contributed by atoms with van der Waals surface area (Å²) in [6.07, 6.45) is -1.46. The van der Waals surface area contributed by atoms with Crippen molar-refractivity contribution >= 4 is 23.8 Å². The highest BCUT2D eigenvalue weighted by atomic mass is 16.5. The van der Waals surface area contributed by atoms with Gasteiger partial charge in [0.2, 0.25) is 11.8 Å². The molecule has 3 aromatic carbocycles. The number of aliphatic carboxylic acids is 1. The Morgan fingerprint density at radius 2 is 1.56 bits per heavy atom. The Morgan fingerprint density at radius 1 is 0.953 bits per heavy atom. The molecule has 5 rings (SSSR count). The molecular weight excluding hydrogens is 550 g/mol. The first-order chi connectivity index (χ1) is 20.8. The number of nitrogens with one attached hydrogen (secondary N) is 1. The molecule has 2 heterocycles. The van der Waals surface area contributed by atoms with E-state index in [0.29, 0.717) is 5.75 Å². The molecule has 2 unspecified atom stereocenters. The molecule has 0 saturated carbocycles. The lowest BCUT2D eigenvalue weighted by atomic mass is 9.90. The number of likely N-dealkylation sites (N-methyl/N-ethyl adjacent to an activating group) is 1. The molecule has 2 saturated heterocycles. The van der Waals surface area contributed by atoms with Gasteiger partial charge in [0.05, 0.1) is 26.6 Å². The first-order valence-electron chi connectivity index (χ1n) is 14.1. The topological polar surface area (TPSA) is 123 Å². The van der Waals surface area contributed by atoms with Crippen LogP contribution in [0.5, 0.6) is 5.75 Å². The third-order valence-corrected chi connectivity index (χ3v) is 7.93. The molecule has 0 aromatic heterocycles. The Labute approximate surface area is 250 Å². The van der Waals surface area contributed by atoms with Crippen LogP contribution >= 0.6 is 0 Å². The molecule has 0 aliphatic carbocycles. The summed E-state index contributed by atoms with van der Waals surface area (Å²) in [5.41, 5.74) is 2.83. The third-order valence-electron chi connectivity index (χ3n) is 7.93. The molecule has 0 spiro atoms. The number of hydrazine groups is 1. The van der Waals surface area contributed by atoms with Crippen LogP contribution in [0.2, 0.25) is 0 Å². The minimum absolute atomic E-state index is 0.0250. The van der Waals surface area contributed by atoms with E-state index < -0.39 is 42.4 Å². The zero-order chi connectivity index (χ0) is 30.5. The molecule has 43 heavy (non-hydrogen) atoms. The van der Waals surface area contributed by atoms with Gasteiger partial charge in [0.25, 0.3) is 0 Å². The number of carbonyl (C=O) groups is 4. The van der Waals surface area contributed by atoms with Gasteiger partial charge < -0.3 is 25.0 Å². The molecule has 11 heteroatoms. The van der Waals surface area contributed by atoms with E-state index in [2.05, 4.69) is 5.32 Å². The third kappa shape index (κ3) is 6.46. The summed E-state index contributed by atoms with van der Waals surface area (Å²) < 4.78 is 5.20. The molecule has 224 valence electrons. The van der Waals surface area contributed by atoms with Gasteiger partial charge in [-0.05, 0) is 28.8 Å². The second kappa shape index (κ2) is 13.0. The van der Waals surface area contributed by atoms with Gasteiger partial charge in [0.1, 0.15) is 18.0 Å². The molecule has 2 atom stereocenters. The summed E-state index contributed by atoms with van der Waals surface area (Å²) in [5.74, 6) is -1.58. The number of rotatable bonds is 9. The number of benzene rings is 3. The van der Waals surface area contributed by atoms with Gasteiger partial charge in [0.15, 0.2) is 0 Å². The average Bonchev–Trinajstić information content (AvgIpc) is 3.01. The number of nitrogens with zero attached hydrogens (tertiary/aromatic N) is 4. The van der Waals surface area contributed by atoms with E-state index in [9.17, 15) is 24.3 Å². The highest BCUT2D eigenvalue weighted by Gasteiger charge is 2.51. The normalized spacial score (nSPS) is 18.9. The number of amides is 4. The number of hydrogen-bond acceptors (Lipinski definition) is 6. The van der Waals surface area contributed by atoms with Gasteiger partial charge >= 0.3 is 12.0 Å². The minimum atomic E-state index is -1.25. The average molecular weight is 586 g/mol. The molecule has 3 aromatic rings. The molecule has 2 aliphatic rings.